The first-order valence-electron chi connectivity index (χ1n) is 23.3. The predicted octanol–water partition coefficient (Wildman–Crippen LogP) is 18.3. The first-order valence-corrected chi connectivity index (χ1v) is 23.3. The zero-order chi connectivity index (χ0) is 45.2. The van der Waals surface area contributed by atoms with E-state index in [1.807, 2.05) is 0 Å². The molecule has 320 valence electrons. The molecule has 0 saturated heterocycles. The minimum Gasteiger partial charge on any atom is -0.310 e. The van der Waals surface area contributed by atoms with Gasteiger partial charge in [0.25, 0.3) is 0 Å². The summed E-state index contributed by atoms with van der Waals surface area (Å²) in [5.41, 5.74) is 20.8. The normalized spacial score (nSPS) is 11.2. The van der Waals surface area contributed by atoms with Crippen LogP contribution in [0.4, 0.5) is 17.1 Å². The van der Waals surface area contributed by atoms with Crippen molar-refractivity contribution in [3.05, 3.63) is 279 Å². The minimum absolute atomic E-state index is 1.06. The standard InChI is InChI=1S/C66H46N2/c1-6-22-47(23-7-1)55-32-16-18-34-58(55)59-35-19-17-33-56(59)49-38-40-53(41-39-49)67(54-42-43-61-60-36-20-21-37-62(60)68(64(61)46-54)52-30-14-5-15-31-52)63-45-44-57(48-24-8-2-9-25-48)65(50-26-10-3-11-27-50)66(63)51-28-12-4-13-29-51/h1-46H. The highest BCUT2D eigenvalue weighted by Crippen LogP contribution is 2.50. The van der Waals surface area contributed by atoms with Gasteiger partial charge in [0.2, 0.25) is 0 Å². The number of para-hydroxylation sites is 2. The number of benzene rings is 11. The topological polar surface area (TPSA) is 8.17 Å². The summed E-state index contributed by atoms with van der Waals surface area (Å²) >= 11 is 0. The molecule has 0 spiro atoms. The summed E-state index contributed by atoms with van der Waals surface area (Å²) in [6, 6.07) is 101. The highest BCUT2D eigenvalue weighted by atomic mass is 15.1. The second-order valence-corrected chi connectivity index (χ2v) is 17.2. The van der Waals surface area contributed by atoms with Crippen molar-refractivity contribution in [2.24, 2.45) is 0 Å². The molecule has 0 amide bonds. The molecule has 0 aliphatic heterocycles. The second kappa shape index (κ2) is 17.8. The Bertz CT molecular complexity index is 3690. The number of aromatic nitrogens is 1. The number of anilines is 3. The molecule has 0 unspecified atom stereocenters. The first kappa shape index (κ1) is 40.5. The van der Waals surface area contributed by atoms with Crippen molar-refractivity contribution in [2.45, 2.75) is 0 Å². The van der Waals surface area contributed by atoms with E-state index in [2.05, 4.69) is 289 Å². The maximum Gasteiger partial charge on any atom is 0.0561 e. The lowest BCUT2D eigenvalue weighted by Gasteiger charge is -2.31. The fraction of sp³-hybridized carbons (Fsp3) is 0. The highest BCUT2D eigenvalue weighted by molar-refractivity contribution is 6.11. The molecule has 1 aromatic heterocycles. The summed E-state index contributed by atoms with van der Waals surface area (Å²) in [5.74, 6) is 0. The molecule has 68 heavy (non-hydrogen) atoms. The molecule has 0 fully saturated rings. The molecule has 0 saturated carbocycles. The van der Waals surface area contributed by atoms with E-state index in [-0.39, 0.29) is 0 Å². The van der Waals surface area contributed by atoms with Crippen molar-refractivity contribution < 1.29 is 0 Å². The van der Waals surface area contributed by atoms with Gasteiger partial charge in [-0.25, -0.2) is 0 Å². The van der Waals surface area contributed by atoms with Crippen LogP contribution in [-0.4, -0.2) is 4.57 Å². The van der Waals surface area contributed by atoms with E-state index in [0.29, 0.717) is 0 Å². The van der Waals surface area contributed by atoms with E-state index in [1.54, 1.807) is 0 Å². The van der Waals surface area contributed by atoms with E-state index in [1.165, 1.54) is 60.8 Å². The van der Waals surface area contributed by atoms with Crippen LogP contribution in [-0.2, 0) is 0 Å². The number of hydrogen-bond donors (Lipinski definition) is 0. The number of rotatable bonds is 10. The van der Waals surface area contributed by atoms with Crippen LogP contribution >= 0.6 is 0 Å². The van der Waals surface area contributed by atoms with Gasteiger partial charge in [0.1, 0.15) is 0 Å². The molecule has 1 heterocycles. The summed E-state index contributed by atoms with van der Waals surface area (Å²) in [6.07, 6.45) is 0. The Hall–Kier alpha value is -8.98. The Kier molecular flexibility index (Phi) is 10.6. The smallest absolute Gasteiger partial charge is 0.0561 e. The molecule has 0 aliphatic rings. The highest BCUT2D eigenvalue weighted by Gasteiger charge is 2.25. The molecule has 2 nitrogen and oxygen atoms in total. The molecule has 0 bridgehead atoms. The lowest BCUT2D eigenvalue weighted by molar-refractivity contribution is 1.18. The van der Waals surface area contributed by atoms with Crippen LogP contribution in [0, 0.1) is 0 Å². The zero-order valence-corrected chi connectivity index (χ0v) is 37.5. The van der Waals surface area contributed by atoms with Gasteiger partial charge in [-0.05, 0) is 110 Å². The van der Waals surface area contributed by atoms with E-state index in [0.717, 1.165) is 50.5 Å². The van der Waals surface area contributed by atoms with E-state index < -0.39 is 0 Å². The summed E-state index contributed by atoms with van der Waals surface area (Å²) in [6.45, 7) is 0. The Balaban J connectivity index is 1.11. The Morgan fingerprint density at radius 3 is 1.26 bits per heavy atom. The lowest BCUT2D eigenvalue weighted by atomic mass is 9.86. The third-order valence-electron chi connectivity index (χ3n) is 13.2. The Morgan fingerprint density at radius 2 is 0.676 bits per heavy atom. The summed E-state index contributed by atoms with van der Waals surface area (Å²) in [4.78, 5) is 2.47. The lowest BCUT2D eigenvalue weighted by Crippen LogP contribution is -2.12. The molecule has 11 aromatic carbocycles. The molecule has 12 aromatic rings. The van der Waals surface area contributed by atoms with Gasteiger partial charge in [-0.15, -0.1) is 0 Å². The van der Waals surface area contributed by atoms with Crippen LogP contribution in [0.5, 0.6) is 0 Å². The monoisotopic (exact) mass is 866 g/mol. The van der Waals surface area contributed by atoms with Gasteiger partial charge in [-0.3, -0.25) is 0 Å². The Labute approximate surface area is 397 Å². The molecule has 0 N–H and O–H groups in total. The number of fused-ring (bicyclic) bond motifs is 3. The van der Waals surface area contributed by atoms with Gasteiger partial charge >= 0.3 is 0 Å². The van der Waals surface area contributed by atoms with Crippen molar-refractivity contribution >= 4 is 38.9 Å². The van der Waals surface area contributed by atoms with Crippen molar-refractivity contribution in [1.29, 1.82) is 0 Å². The van der Waals surface area contributed by atoms with Gasteiger partial charge in [-0.2, -0.15) is 0 Å². The molecular formula is C66H46N2. The second-order valence-electron chi connectivity index (χ2n) is 17.2. The minimum atomic E-state index is 1.06. The van der Waals surface area contributed by atoms with Gasteiger partial charge < -0.3 is 9.47 Å². The van der Waals surface area contributed by atoms with Crippen LogP contribution in [0.25, 0.3) is 94.3 Å². The molecule has 0 aliphatic carbocycles. The maximum absolute atomic E-state index is 2.47. The third-order valence-corrected chi connectivity index (χ3v) is 13.2. The quantitative estimate of drug-likeness (QED) is 0.133. The van der Waals surface area contributed by atoms with Crippen molar-refractivity contribution in [2.75, 3.05) is 4.90 Å². The number of hydrogen-bond acceptors (Lipinski definition) is 1. The summed E-state index contributed by atoms with van der Waals surface area (Å²) in [7, 11) is 0. The zero-order valence-electron chi connectivity index (χ0n) is 37.5. The van der Waals surface area contributed by atoms with Gasteiger partial charge in [0, 0.05) is 33.4 Å². The predicted molar refractivity (Wildman–Crippen MR) is 288 cm³/mol. The van der Waals surface area contributed by atoms with Crippen LogP contribution in [0.1, 0.15) is 0 Å². The fourth-order valence-electron chi connectivity index (χ4n) is 10.2. The molecule has 12 rings (SSSR count). The first-order chi connectivity index (χ1) is 33.8. The van der Waals surface area contributed by atoms with Gasteiger partial charge in [0.05, 0.1) is 16.7 Å². The van der Waals surface area contributed by atoms with Gasteiger partial charge in [-0.1, -0.05) is 231 Å². The summed E-state index contributed by atoms with van der Waals surface area (Å²) in [5, 5.41) is 2.44. The molecular weight excluding hydrogens is 821 g/mol. The van der Waals surface area contributed by atoms with Gasteiger partial charge in [0.15, 0.2) is 0 Å². The molecule has 0 radical (unpaired) electrons. The third kappa shape index (κ3) is 7.35. The van der Waals surface area contributed by atoms with E-state index in [4.69, 9.17) is 0 Å². The van der Waals surface area contributed by atoms with E-state index in [9.17, 15) is 0 Å². The van der Waals surface area contributed by atoms with Crippen LogP contribution in [0.2, 0.25) is 0 Å². The number of nitrogens with zero attached hydrogens (tertiary/aromatic N) is 2. The molecule has 2 heteroatoms. The van der Waals surface area contributed by atoms with E-state index >= 15 is 0 Å². The van der Waals surface area contributed by atoms with Crippen molar-refractivity contribution in [3.8, 4) is 72.4 Å². The van der Waals surface area contributed by atoms with Crippen LogP contribution in [0.3, 0.4) is 0 Å². The Morgan fingerprint density at radius 1 is 0.250 bits per heavy atom. The van der Waals surface area contributed by atoms with Crippen LogP contribution < -0.4 is 4.90 Å². The largest absolute Gasteiger partial charge is 0.310 e. The molecule has 0 atom stereocenters. The fourth-order valence-corrected chi connectivity index (χ4v) is 10.2. The SMILES string of the molecule is c1ccc(-c2ccccc2-c2ccccc2-c2ccc(N(c3ccc4c5ccccc5n(-c5ccccc5)c4c3)c3ccc(-c4ccccc4)c(-c4ccccc4)c3-c3ccccc3)cc2)cc1. The average molecular weight is 867 g/mol. The maximum atomic E-state index is 2.47. The average Bonchev–Trinajstić information content (AvgIpc) is 3.76. The van der Waals surface area contributed by atoms with Crippen molar-refractivity contribution in [1.82, 2.24) is 4.57 Å². The summed E-state index contributed by atoms with van der Waals surface area (Å²) < 4.78 is 2.41. The van der Waals surface area contributed by atoms with Crippen LogP contribution in [0.15, 0.2) is 279 Å². The van der Waals surface area contributed by atoms with Crippen molar-refractivity contribution in [3.63, 3.8) is 0 Å².